The SMILES string of the molecule is CCCCCCCOP(=O)([O-])C(C)=O.[Li+]. The topological polar surface area (TPSA) is 66.4 Å². The van der Waals surface area contributed by atoms with Crippen molar-refractivity contribution in [3.63, 3.8) is 0 Å². The molecule has 0 aromatic carbocycles. The third-order valence-electron chi connectivity index (χ3n) is 1.89. The zero-order chi connectivity index (χ0) is 11.0. The van der Waals surface area contributed by atoms with Crippen molar-refractivity contribution in [2.24, 2.45) is 0 Å². The number of carbonyl (C=O) groups excluding carboxylic acids is 1. The van der Waals surface area contributed by atoms with Gasteiger partial charge in [0.15, 0.2) is 7.60 Å². The van der Waals surface area contributed by atoms with Crippen molar-refractivity contribution in [2.45, 2.75) is 46.0 Å². The van der Waals surface area contributed by atoms with E-state index in [1.807, 2.05) is 0 Å². The second-order valence-corrected chi connectivity index (χ2v) is 5.15. The zero-order valence-electron chi connectivity index (χ0n) is 9.82. The second kappa shape index (κ2) is 9.63. The molecule has 0 fully saturated rings. The first-order valence-corrected chi connectivity index (χ1v) is 6.51. The molecule has 0 aliphatic rings. The first-order valence-electron chi connectivity index (χ1n) is 4.97. The molecule has 0 spiro atoms. The summed E-state index contributed by atoms with van der Waals surface area (Å²) in [6.07, 6.45) is 5.03. The molecular formula is C9H18LiO4P. The van der Waals surface area contributed by atoms with Gasteiger partial charge in [-0.25, -0.2) is 0 Å². The van der Waals surface area contributed by atoms with E-state index in [1.54, 1.807) is 0 Å². The normalized spacial score (nSPS) is 14.1. The van der Waals surface area contributed by atoms with E-state index in [0.717, 1.165) is 32.6 Å². The molecule has 0 rings (SSSR count). The Balaban J connectivity index is 0. The van der Waals surface area contributed by atoms with Crippen LogP contribution in [0.3, 0.4) is 0 Å². The fourth-order valence-corrected chi connectivity index (χ4v) is 1.53. The van der Waals surface area contributed by atoms with E-state index < -0.39 is 13.1 Å². The van der Waals surface area contributed by atoms with Crippen LogP contribution in [0.5, 0.6) is 0 Å². The van der Waals surface area contributed by atoms with Gasteiger partial charge >= 0.3 is 18.9 Å². The summed E-state index contributed by atoms with van der Waals surface area (Å²) >= 11 is 0. The van der Waals surface area contributed by atoms with Crippen molar-refractivity contribution in [2.75, 3.05) is 6.61 Å². The molecule has 0 amide bonds. The molecule has 0 aliphatic carbocycles. The molecule has 0 aromatic rings. The Morgan fingerprint density at radius 2 is 1.80 bits per heavy atom. The van der Waals surface area contributed by atoms with Crippen molar-refractivity contribution >= 4 is 13.1 Å². The van der Waals surface area contributed by atoms with Gasteiger partial charge in [0.05, 0.1) is 6.61 Å². The zero-order valence-corrected chi connectivity index (χ0v) is 10.7. The number of hydrogen-bond donors (Lipinski definition) is 0. The van der Waals surface area contributed by atoms with Crippen LogP contribution in [0.2, 0.25) is 0 Å². The predicted molar refractivity (Wildman–Crippen MR) is 53.0 cm³/mol. The fourth-order valence-electron chi connectivity index (χ4n) is 0.981. The van der Waals surface area contributed by atoms with Crippen LogP contribution in [0, 0.1) is 0 Å². The Hall–Kier alpha value is 0.417. The van der Waals surface area contributed by atoms with Crippen LogP contribution in [0.15, 0.2) is 0 Å². The van der Waals surface area contributed by atoms with Gasteiger partial charge in [0.25, 0.3) is 0 Å². The molecule has 1 atom stereocenters. The van der Waals surface area contributed by atoms with Crippen molar-refractivity contribution < 1.29 is 37.6 Å². The van der Waals surface area contributed by atoms with E-state index in [-0.39, 0.29) is 25.5 Å². The second-order valence-electron chi connectivity index (χ2n) is 3.26. The van der Waals surface area contributed by atoms with Crippen LogP contribution < -0.4 is 23.8 Å². The minimum absolute atomic E-state index is 0. The van der Waals surface area contributed by atoms with Crippen molar-refractivity contribution in [1.29, 1.82) is 0 Å². The maximum absolute atomic E-state index is 10.9. The molecule has 0 N–H and O–H groups in total. The summed E-state index contributed by atoms with van der Waals surface area (Å²) in [5.74, 6) is 0. The van der Waals surface area contributed by atoms with E-state index in [4.69, 9.17) is 0 Å². The minimum atomic E-state index is -4.21. The molecule has 0 saturated heterocycles. The van der Waals surface area contributed by atoms with Crippen LogP contribution in [-0.4, -0.2) is 12.1 Å². The molecule has 0 aromatic heterocycles. The predicted octanol–water partition coefficient (Wildman–Crippen LogP) is -0.923. The van der Waals surface area contributed by atoms with Gasteiger partial charge in [0, 0.05) is 6.92 Å². The molecule has 0 aliphatic heterocycles. The first-order chi connectivity index (χ1) is 6.50. The van der Waals surface area contributed by atoms with E-state index in [9.17, 15) is 14.3 Å². The van der Waals surface area contributed by atoms with Gasteiger partial charge in [-0.2, -0.15) is 0 Å². The Morgan fingerprint density at radius 3 is 2.27 bits per heavy atom. The molecule has 0 saturated carbocycles. The Morgan fingerprint density at radius 1 is 1.27 bits per heavy atom. The summed E-state index contributed by atoms with van der Waals surface area (Å²) < 4.78 is 15.4. The van der Waals surface area contributed by atoms with Crippen molar-refractivity contribution in [1.82, 2.24) is 0 Å². The fraction of sp³-hybridized carbons (Fsp3) is 0.889. The van der Waals surface area contributed by atoms with Crippen LogP contribution in [0.4, 0.5) is 0 Å². The molecule has 6 heteroatoms. The van der Waals surface area contributed by atoms with Gasteiger partial charge in [0.2, 0.25) is 5.52 Å². The molecule has 4 nitrogen and oxygen atoms in total. The monoisotopic (exact) mass is 228 g/mol. The van der Waals surface area contributed by atoms with Crippen molar-refractivity contribution in [3.8, 4) is 0 Å². The van der Waals surface area contributed by atoms with Gasteiger partial charge in [-0.3, -0.25) is 4.79 Å². The molecule has 0 bridgehead atoms. The Labute approximate surface area is 103 Å². The summed E-state index contributed by atoms with van der Waals surface area (Å²) in [7, 11) is -4.21. The van der Waals surface area contributed by atoms with Gasteiger partial charge in [-0.15, -0.1) is 0 Å². The maximum atomic E-state index is 10.9. The summed E-state index contributed by atoms with van der Waals surface area (Å²) in [5, 5.41) is 0. The summed E-state index contributed by atoms with van der Waals surface area (Å²) in [6, 6.07) is 0. The smallest absolute Gasteiger partial charge is 0.773 e. The van der Waals surface area contributed by atoms with Gasteiger partial charge in [0.1, 0.15) is 0 Å². The van der Waals surface area contributed by atoms with Crippen LogP contribution >= 0.6 is 7.60 Å². The van der Waals surface area contributed by atoms with E-state index in [0.29, 0.717) is 6.42 Å². The average molecular weight is 228 g/mol. The molecule has 0 radical (unpaired) electrons. The van der Waals surface area contributed by atoms with Crippen molar-refractivity contribution in [3.05, 3.63) is 0 Å². The number of hydrogen-bond acceptors (Lipinski definition) is 4. The third kappa shape index (κ3) is 9.35. The van der Waals surface area contributed by atoms with Gasteiger partial charge in [-0.05, 0) is 6.42 Å². The molecule has 15 heavy (non-hydrogen) atoms. The third-order valence-corrected chi connectivity index (χ3v) is 3.19. The van der Waals surface area contributed by atoms with Crippen LogP contribution in [0.25, 0.3) is 0 Å². The van der Waals surface area contributed by atoms with Gasteiger partial charge in [-0.1, -0.05) is 32.6 Å². The molecule has 84 valence electrons. The standard InChI is InChI=1S/C9H19O4P.Li/c1-3-4-5-6-7-8-13-14(11,12)9(2)10;/h3-8H2,1-2H3,(H,11,12);/q;+1/p-1. The minimum Gasteiger partial charge on any atom is -0.773 e. The molecule has 1 unspecified atom stereocenters. The Bertz CT molecular complexity index is 220. The number of carbonyl (C=O) groups is 1. The summed E-state index contributed by atoms with van der Waals surface area (Å²) in [4.78, 5) is 21.4. The van der Waals surface area contributed by atoms with Gasteiger partial charge < -0.3 is 14.0 Å². The molecule has 0 heterocycles. The summed E-state index contributed by atoms with van der Waals surface area (Å²) in [6.45, 7) is 3.24. The van der Waals surface area contributed by atoms with E-state index >= 15 is 0 Å². The largest absolute Gasteiger partial charge is 1.00 e. The molecular weight excluding hydrogens is 210 g/mol. The number of rotatable bonds is 8. The van der Waals surface area contributed by atoms with Crippen LogP contribution in [-0.2, 0) is 13.9 Å². The number of unbranched alkanes of at least 4 members (excludes halogenated alkanes) is 4. The first kappa shape index (κ1) is 17.8. The van der Waals surface area contributed by atoms with E-state index in [1.165, 1.54) is 0 Å². The van der Waals surface area contributed by atoms with Crippen LogP contribution in [0.1, 0.15) is 46.0 Å². The summed E-state index contributed by atoms with van der Waals surface area (Å²) in [5.41, 5.74) is -0.897. The average Bonchev–Trinajstić information content (AvgIpc) is 2.10. The van der Waals surface area contributed by atoms with E-state index in [2.05, 4.69) is 11.4 Å². The maximum Gasteiger partial charge on any atom is 1.00 e. The Kier molecular flexibility index (Phi) is 11.4. The quantitative estimate of drug-likeness (QED) is 0.306.